The number of nitrogens with zero attached hydrogens (tertiary/aromatic N) is 7. The van der Waals surface area contributed by atoms with Crippen molar-refractivity contribution in [1.82, 2.24) is 24.7 Å². The Hall–Kier alpha value is -5.27. The van der Waals surface area contributed by atoms with E-state index in [-0.39, 0.29) is 6.04 Å². The van der Waals surface area contributed by atoms with Gasteiger partial charge >= 0.3 is 0 Å². The number of nitrogens with one attached hydrogen (secondary N) is 1. The van der Waals surface area contributed by atoms with Crippen molar-refractivity contribution in [1.29, 1.82) is 0 Å². The summed E-state index contributed by atoms with van der Waals surface area (Å²) < 4.78 is 13.5. The van der Waals surface area contributed by atoms with E-state index in [2.05, 4.69) is 32.1 Å². The minimum atomic E-state index is 0.192. The summed E-state index contributed by atoms with van der Waals surface area (Å²) in [6.07, 6.45) is 0.755. The first kappa shape index (κ1) is 26.6. The zero-order valence-corrected chi connectivity index (χ0v) is 23.8. The van der Waals surface area contributed by atoms with Crippen LogP contribution in [0.2, 0.25) is 0 Å². The van der Waals surface area contributed by atoms with Gasteiger partial charge in [0.2, 0.25) is 5.88 Å². The summed E-state index contributed by atoms with van der Waals surface area (Å²) in [5.74, 6) is 3.19. The summed E-state index contributed by atoms with van der Waals surface area (Å²) in [5, 5.41) is 7.83. The molecule has 1 saturated heterocycles. The first-order valence-corrected chi connectivity index (χ1v) is 14.4. The molecule has 0 aliphatic carbocycles. The van der Waals surface area contributed by atoms with Gasteiger partial charge in [-0.05, 0) is 60.4 Å². The number of aromatic nitrogens is 5. The zero-order valence-electron chi connectivity index (χ0n) is 23.8. The van der Waals surface area contributed by atoms with E-state index in [0.29, 0.717) is 49.7 Å². The van der Waals surface area contributed by atoms with Gasteiger partial charge in [-0.25, -0.2) is 9.97 Å². The maximum Gasteiger partial charge on any atom is 0.296 e. The first-order valence-electron chi connectivity index (χ1n) is 14.4. The van der Waals surface area contributed by atoms with Gasteiger partial charge in [0.05, 0.1) is 37.2 Å². The SMILES string of the molecule is [C-]#[N+]c1cc2n(n1)CCc1c-2nc(-c2ccc(Nc3cccc(OCc4ccccc4)n3)cc2)nc1N1CCOC[C@@H]1C. The van der Waals surface area contributed by atoms with E-state index in [1.807, 2.05) is 83.5 Å². The van der Waals surface area contributed by atoms with E-state index in [1.165, 1.54) is 0 Å². The second-order valence-electron chi connectivity index (χ2n) is 10.6. The Kier molecular flexibility index (Phi) is 7.15. The summed E-state index contributed by atoms with van der Waals surface area (Å²) in [6.45, 7) is 12.8. The van der Waals surface area contributed by atoms with Crippen molar-refractivity contribution in [2.24, 2.45) is 0 Å². The molecule has 3 aromatic heterocycles. The molecule has 43 heavy (non-hydrogen) atoms. The molecule has 10 heteroatoms. The highest BCUT2D eigenvalue weighted by molar-refractivity contribution is 5.74. The lowest BCUT2D eigenvalue weighted by molar-refractivity contribution is 0.0984. The topological polar surface area (TPSA) is 94.6 Å². The van der Waals surface area contributed by atoms with Crippen molar-refractivity contribution in [2.45, 2.75) is 32.5 Å². The van der Waals surface area contributed by atoms with Gasteiger partial charge in [0.25, 0.3) is 5.82 Å². The molecule has 5 heterocycles. The number of hydrogen-bond donors (Lipinski definition) is 1. The zero-order chi connectivity index (χ0) is 29.2. The maximum atomic E-state index is 7.46. The maximum absolute atomic E-state index is 7.46. The van der Waals surface area contributed by atoms with Crippen molar-refractivity contribution >= 4 is 23.1 Å². The molecular weight excluding hydrogens is 540 g/mol. The molecule has 0 bridgehead atoms. The van der Waals surface area contributed by atoms with Crippen molar-refractivity contribution < 1.29 is 9.47 Å². The fraction of sp³-hybridized carbons (Fsp3) is 0.242. The van der Waals surface area contributed by atoms with Crippen LogP contribution in [-0.4, -0.2) is 50.5 Å². The molecule has 1 fully saturated rings. The minimum absolute atomic E-state index is 0.192. The highest BCUT2D eigenvalue weighted by Gasteiger charge is 2.30. The number of fused-ring (bicyclic) bond motifs is 3. The molecule has 0 radical (unpaired) electrons. The van der Waals surface area contributed by atoms with E-state index < -0.39 is 0 Å². The molecule has 0 amide bonds. The van der Waals surface area contributed by atoms with Gasteiger partial charge in [-0.3, -0.25) is 0 Å². The highest BCUT2D eigenvalue weighted by Crippen LogP contribution is 2.38. The number of hydrogen-bond acceptors (Lipinski definition) is 8. The number of benzene rings is 2. The highest BCUT2D eigenvalue weighted by atomic mass is 16.5. The molecule has 214 valence electrons. The van der Waals surface area contributed by atoms with Gasteiger partial charge in [-0.15, -0.1) is 0 Å². The molecule has 0 spiro atoms. The number of pyridine rings is 1. The molecular formula is C33H30N8O2. The Bertz CT molecular complexity index is 1800. The van der Waals surface area contributed by atoms with E-state index in [4.69, 9.17) is 26.0 Å². The van der Waals surface area contributed by atoms with Gasteiger partial charge < -0.3 is 24.5 Å². The van der Waals surface area contributed by atoms with Crippen molar-refractivity contribution in [2.75, 3.05) is 30.0 Å². The Morgan fingerprint density at radius 3 is 2.67 bits per heavy atom. The van der Waals surface area contributed by atoms with Crippen LogP contribution in [0.3, 0.4) is 0 Å². The van der Waals surface area contributed by atoms with Crippen molar-refractivity contribution in [3.05, 3.63) is 101 Å². The quantitative estimate of drug-likeness (QED) is 0.236. The predicted molar refractivity (Wildman–Crippen MR) is 165 cm³/mol. The average molecular weight is 571 g/mol. The largest absolute Gasteiger partial charge is 0.473 e. The summed E-state index contributed by atoms with van der Waals surface area (Å²) in [4.78, 5) is 20.7. The van der Waals surface area contributed by atoms with Crippen LogP contribution in [-0.2, 0) is 24.3 Å². The van der Waals surface area contributed by atoms with Gasteiger partial charge in [0, 0.05) is 29.4 Å². The molecule has 5 aromatic rings. The fourth-order valence-electron chi connectivity index (χ4n) is 5.51. The Morgan fingerprint density at radius 1 is 1.00 bits per heavy atom. The van der Waals surface area contributed by atoms with Gasteiger partial charge in [-0.2, -0.15) is 9.67 Å². The molecule has 10 nitrogen and oxygen atoms in total. The third-order valence-electron chi connectivity index (χ3n) is 7.69. The lowest BCUT2D eigenvalue weighted by Crippen LogP contribution is -2.45. The van der Waals surface area contributed by atoms with Crippen LogP contribution in [0.4, 0.5) is 23.1 Å². The smallest absolute Gasteiger partial charge is 0.296 e. The van der Waals surface area contributed by atoms with Crippen molar-refractivity contribution in [3.63, 3.8) is 0 Å². The summed E-state index contributed by atoms with van der Waals surface area (Å²) in [7, 11) is 0. The second-order valence-corrected chi connectivity index (χ2v) is 10.6. The van der Waals surface area contributed by atoms with Crippen LogP contribution in [0.1, 0.15) is 18.1 Å². The van der Waals surface area contributed by atoms with Crippen LogP contribution < -0.4 is 15.0 Å². The standard InChI is InChI=1S/C33H30N8O2/c1-22-20-42-18-17-40(22)33-26-15-16-41-27(19-29(34-2)39-41)31(26)37-32(38-33)24-11-13-25(14-12-24)35-28-9-6-10-30(36-28)43-21-23-7-4-3-5-8-23/h3-14,19,22H,15-18,20-21H2,1H3,(H,35,36)/t22-/m0/s1. The third-order valence-corrected chi connectivity index (χ3v) is 7.69. The molecule has 1 atom stereocenters. The van der Waals surface area contributed by atoms with Gasteiger partial charge in [-0.1, -0.05) is 43.0 Å². The Balaban J connectivity index is 1.16. The molecule has 1 N–H and O–H groups in total. The number of ether oxygens (including phenoxy) is 2. The molecule has 2 aliphatic rings. The van der Waals surface area contributed by atoms with E-state index in [1.54, 1.807) is 0 Å². The second kappa shape index (κ2) is 11.5. The Morgan fingerprint density at radius 2 is 1.86 bits per heavy atom. The summed E-state index contributed by atoms with van der Waals surface area (Å²) in [6, 6.07) is 25.7. The van der Waals surface area contributed by atoms with E-state index in [9.17, 15) is 0 Å². The molecule has 2 aromatic carbocycles. The molecule has 2 aliphatic heterocycles. The van der Waals surface area contributed by atoms with E-state index >= 15 is 0 Å². The number of morpholine rings is 1. The molecule has 7 rings (SSSR count). The monoisotopic (exact) mass is 570 g/mol. The molecule has 0 unspecified atom stereocenters. The number of aryl methyl sites for hydroxylation is 1. The van der Waals surface area contributed by atoms with Crippen LogP contribution in [0, 0.1) is 6.57 Å². The lowest BCUT2D eigenvalue weighted by atomic mass is 10.0. The fourth-order valence-corrected chi connectivity index (χ4v) is 5.51. The first-order chi connectivity index (χ1) is 21.1. The van der Waals surface area contributed by atoms with Crippen LogP contribution in [0.15, 0.2) is 78.9 Å². The predicted octanol–water partition coefficient (Wildman–Crippen LogP) is 6.06. The van der Waals surface area contributed by atoms with E-state index in [0.717, 1.165) is 52.5 Å². The average Bonchev–Trinajstić information content (AvgIpc) is 3.49. The number of rotatable bonds is 7. The lowest BCUT2D eigenvalue weighted by Gasteiger charge is -2.36. The molecule has 0 saturated carbocycles. The summed E-state index contributed by atoms with van der Waals surface area (Å²) in [5.41, 5.74) is 5.66. The van der Waals surface area contributed by atoms with Crippen molar-refractivity contribution in [3.8, 4) is 28.7 Å². The minimum Gasteiger partial charge on any atom is -0.473 e. The summed E-state index contributed by atoms with van der Waals surface area (Å²) >= 11 is 0. The van der Waals surface area contributed by atoms with Crippen LogP contribution >= 0.6 is 0 Å². The Labute approximate surface area is 249 Å². The third kappa shape index (κ3) is 5.50. The number of anilines is 3. The van der Waals surface area contributed by atoms with Crippen LogP contribution in [0.25, 0.3) is 27.6 Å². The van der Waals surface area contributed by atoms with Gasteiger partial charge in [0.15, 0.2) is 5.82 Å². The van der Waals surface area contributed by atoms with Gasteiger partial charge in [0.1, 0.15) is 18.2 Å². The normalized spacial score (nSPS) is 15.7. The van der Waals surface area contributed by atoms with Crippen LogP contribution in [0.5, 0.6) is 5.88 Å².